The molecule has 0 aliphatic rings. The molecule has 0 fully saturated rings. The number of rotatable bonds is 8. The second kappa shape index (κ2) is 8.51. The highest BCUT2D eigenvalue weighted by molar-refractivity contribution is 9.10. The van der Waals surface area contributed by atoms with Gasteiger partial charge in [-0.1, -0.05) is 6.92 Å². The summed E-state index contributed by atoms with van der Waals surface area (Å²) in [6.07, 6.45) is 5.05. The Labute approximate surface area is 124 Å². The van der Waals surface area contributed by atoms with Crippen molar-refractivity contribution >= 4 is 22.0 Å². The molecular weight excluding hydrogens is 306 g/mol. The highest BCUT2D eigenvalue weighted by Gasteiger charge is 2.12. The van der Waals surface area contributed by atoms with E-state index in [1.807, 2.05) is 4.68 Å². The van der Waals surface area contributed by atoms with Crippen LogP contribution in [-0.2, 0) is 17.7 Å². The molecule has 0 aliphatic carbocycles. The summed E-state index contributed by atoms with van der Waals surface area (Å²) in [4.78, 5) is 0. The number of aromatic nitrogens is 2. The molecule has 1 heterocycles. The third-order valence-corrected chi connectivity index (χ3v) is 3.87. The highest BCUT2D eigenvalue weighted by atomic mass is 79.9. The van der Waals surface area contributed by atoms with Crippen LogP contribution in [0.25, 0.3) is 6.08 Å². The molecule has 0 aliphatic heterocycles. The number of methoxy groups -OCH3 is 1. The molecule has 19 heavy (non-hydrogen) atoms. The molecular formula is C14H24BrN3O. The minimum atomic E-state index is 0.642. The fourth-order valence-corrected chi connectivity index (χ4v) is 2.68. The summed E-state index contributed by atoms with van der Waals surface area (Å²) >= 11 is 3.66. The topological polar surface area (TPSA) is 53.1 Å². The zero-order chi connectivity index (χ0) is 14.3. The zero-order valence-electron chi connectivity index (χ0n) is 12.1. The normalized spacial score (nSPS) is 12.2. The van der Waals surface area contributed by atoms with Crippen LogP contribution < -0.4 is 5.73 Å². The molecule has 1 aromatic rings. The third kappa shape index (κ3) is 4.44. The Morgan fingerprint density at radius 1 is 1.47 bits per heavy atom. The van der Waals surface area contributed by atoms with Crippen molar-refractivity contribution in [3.63, 3.8) is 0 Å². The Bertz CT molecular complexity index is 427. The standard InChI is InChI=1S/C14H24BrN3O/c1-4-12-14(15)13(18(5-2)17-12)9-11(10-19-3)7-6-8-16/h9H,4-8,10,16H2,1-3H3/b11-9-. The van der Waals surface area contributed by atoms with E-state index in [0.29, 0.717) is 13.2 Å². The van der Waals surface area contributed by atoms with Crippen molar-refractivity contribution in [3.05, 3.63) is 21.4 Å². The maximum atomic E-state index is 5.58. The number of halogens is 1. The smallest absolute Gasteiger partial charge is 0.0770 e. The van der Waals surface area contributed by atoms with Gasteiger partial charge in [0.25, 0.3) is 0 Å². The van der Waals surface area contributed by atoms with Gasteiger partial charge in [-0.05, 0) is 60.3 Å². The fraction of sp³-hybridized carbons (Fsp3) is 0.643. The van der Waals surface area contributed by atoms with E-state index in [0.717, 1.165) is 41.7 Å². The van der Waals surface area contributed by atoms with E-state index in [9.17, 15) is 0 Å². The van der Waals surface area contributed by atoms with Crippen molar-refractivity contribution in [1.29, 1.82) is 0 Å². The van der Waals surface area contributed by atoms with E-state index in [-0.39, 0.29) is 0 Å². The minimum absolute atomic E-state index is 0.642. The Kier molecular flexibility index (Phi) is 7.34. The van der Waals surface area contributed by atoms with E-state index >= 15 is 0 Å². The van der Waals surface area contributed by atoms with Gasteiger partial charge in [-0.15, -0.1) is 0 Å². The van der Waals surface area contributed by atoms with Crippen LogP contribution in [0.3, 0.4) is 0 Å². The second-order valence-corrected chi connectivity index (χ2v) is 5.24. The first-order valence-corrected chi connectivity index (χ1v) is 7.60. The molecule has 1 aromatic heterocycles. The molecule has 4 nitrogen and oxygen atoms in total. The van der Waals surface area contributed by atoms with Crippen LogP contribution in [0.15, 0.2) is 10.0 Å². The monoisotopic (exact) mass is 329 g/mol. The minimum Gasteiger partial charge on any atom is -0.380 e. The number of ether oxygens (including phenoxy) is 1. The molecule has 0 amide bonds. The molecule has 0 spiro atoms. The molecule has 0 saturated carbocycles. The fourth-order valence-electron chi connectivity index (χ4n) is 2.00. The van der Waals surface area contributed by atoms with Gasteiger partial charge in [-0.2, -0.15) is 5.10 Å². The molecule has 0 atom stereocenters. The van der Waals surface area contributed by atoms with Crippen molar-refractivity contribution in [2.45, 2.75) is 39.7 Å². The second-order valence-electron chi connectivity index (χ2n) is 4.44. The van der Waals surface area contributed by atoms with E-state index in [4.69, 9.17) is 10.5 Å². The summed E-state index contributed by atoms with van der Waals surface area (Å²) in [6, 6.07) is 0. The van der Waals surface area contributed by atoms with Crippen LogP contribution >= 0.6 is 15.9 Å². The van der Waals surface area contributed by atoms with Gasteiger partial charge in [0, 0.05) is 13.7 Å². The molecule has 0 saturated heterocycles. The first kappa shape index (κ1) is 16.4. The number of hydrogen-bond acceptors (Lipinski definition) is 3. The van der Waals surface area contributed by atoms with Crippen molar-refractivity contribution in [2.75, 3.05) is 20.3 Å². The molecule has 0 radical (unpaired) electrons. The van der Waals surface area contributed by atoms with Crippen molar-refractivity contribution in [3.8, 4) is 0 Å². The van der Waals surface area contributed by atoms with Crippen molar-refractivity contribution < 1.29 is 4.74 Å². The summed E-state index contributed by atoms with van der Waals surface area (Å²) in [7, 11) is 1.72. The zero-order valence-corrected chi connectivity index (χ0v) is 13.7. The van der Waals surface area contributed by atoms with E-state index in [1.54, 1.807) is 7.11 Å². The number of hydrogen-bond donors (Lipinski definition) is 1. The Hall–Kier alpha value is -0.650. The summed E-state index contributed by atoms with van der Waals surface area (Å²) in [6.45, 7) is 6.43. The summed E-state index contributed by atoms with van der Waals surface area (Å²) < 4.78 is 8.39. The first-order valence-electron chi connectivity index (χ1n) is 6.81. The predicted octanol–water partition coefficient (Wildman–Crippen LogP) is 3.00. The van der Waals surface area contributed by atoms with Crippen LogP contribution in [0.5, 0.6) is 0 Å². The molecule has 0 aromatic carbocycles. The third-order valence-electron chi connectivity index (χ3n) is 3.00. The first-order chi connectivity index (χ1) is 9.17. The predicted molar refractivity (Wildman–Crippen MR) is 83.1 cm³/mol. The van der Waals surface area contributed by atoms with Crippen LogP contribution in [0.2, 0.25) is 0 Å². The molecule has 0 unspecified atom stereocenters. The Morgan fingerprint density at radius 2 is 2.21 bits per heavy atom. The van der Waals surface area contributed by atoms with Crippen LogP contribution in [-0.4, -0.2) is 30.0 Å². The number of nitrogens with zero attached hydrogens (tertiary/aromatic N) is 2. The largest absolute Gasteiger partial charge is 0.380 e. The summed E-state index contributed by atoms with van der Waals surface area (Å²) in [5.41, 5.74) is 9.07. The highest BCUT2D eigenvalue weighted by Crippen LogP contribution is 2.25. The van der Waals surface area contributed by atoms with Crippen LogP contribution in [0.1, 0.15) is 38.1 Å². The molecule has 108 valence electrons. The lowest BCUT2D eigenvalue weighted by Crippen LogP contribution is -2.04. The maximum Gasteiger partial charge on any atom is 0.0770 e. The number of nitrogens with two attached hydrogens (primary N) is 1. The van der Waals surface area contributed by atoms with Gasteiger partial charge in [-0.25, -0.2) is 0 Å². The van der Waals surface area contributed by atoms with Crippen molar-refractivity contribution in [1.82, 2.24) is 9.78 Å². The van der Waals surface area contributed by atoms with Gasteiger partial charge in [-0.3, -0.25) is 4.68 Å². The molecule has 5 heteroatoms. The van der Waals surface area contributed by atoms with Crippen molar-refractivity contribution in [2.24, 2.45) is 5.73 Å². The molecule has 2 N–H and O–H groups in total. The van der Waals surface area contributed by atoms with Gasteiger partial charge >= 0.3 is 0 Å². The lowest BCUT2D eigenvalue weighted by atomic mass is 10.1. The Balaban J connectivity index is 3.07. The van der Waals surface area contributed by atoms with Crippen LogP contribution in [0.4, 0.5) is 0 Å². The lowest BCUT2D eigenvalue weighted by Gasteiger charge is -2.07. The summed E-state index contributed by atoms with van der Waals surface area (Å²) in [5.74, 6) is 0. The van der Waals surface area contributed by atoms with E-state index < -0.39 is 0 Å². The van der Waals surface area contributed by atoms with E-state index in [2.05, 4.69) is 41.0 Å². The van der Waals surface area contributed by atoms with Gasteiger partial charge in [0.15, 0.2) is 0 Å². The van der Waals surface area contributed by atoms with Gasteiger partial charge in [0.05, 0.1) is 22.5 Å². The maximum absolute atomic E-state index is 5.58. The Morgan fingerprint density at radius 3 is 2.74 bits per heavy atom. The molecule has 0 bridgehead atoms. The van der Waals surface area contributed by atoms with E-state index in [1.165, 1.54) is 5.57 Å². The number of aryl methyl sites for hydroxylation is 2. The van der Waals surface area contributed by atoms with Crippen LogP contribution in [0, 0.1) is 0 Å². The quantitative estimate of drug-likeness (QED) is 0.797. The summed E-state index contributed by atoms with van der Waals surface area (Å²) in [5, 5.41) is 4.60. The van der Waals surface area contributed by atoms with Gasteiger partial charge in [0.2, 0.25) is 0 Å². The average molecular weight is 330 g/mol. The average Bonchev–Trinajstić information content (AvgIpc) is 2.72. The van der Waals surface area contributed by atoms with Gasteiger partial charge in [0.1, 0.15) is 0 Å². The molecule has 1 rings (SSSR count). The van der Waals surface area contributed by atoms with Gasteiger partial charge < -0.3 is 10.5 Å². The lowest BCUT2D eigenvalue weighted by molar-refractivity contribution is 0.223. The SMILES string of the molecule is CCc1nn(CC)c(/C=C(/CCCN)COC)c1Br.